The Kier molecular flexibility index (Phi) is 7.18. The van der Waals surface area contributed by atoms with Gasteiger partial charge in [-0.15, -0.1) is 0 Å². The van der Waals surface area contributed by atoms with Crippen LogP contribution >= 0.6 is 0 Å². The third kappa shape index (κ3) is 5.49. The SMILES string of the molecule is COc1ccc(CNC(=O)N2CCC[C@H](CN3CCOCC3)C2)c(OC)c1. The molecule has 150 valence electrons. The quantitative estimate of drug-likeness (QED) is 0.821. The van der Waals surface area contributed by atoms with Gasteiger partial charge in [-0.25, -0.2) is 4.79 Å². The van der Waals surface area contributed by atoms with Crippen molar-refractivity contribution in [3.63, 3.8) is 0 Å². The molecule has 1 N–H and O–H groups in total. The van der Waals surface area contributed by atoms with E-state index in [9.17, 15) is 4.79 Å². The summed E-state index contributed by atoms with van der Waals surface area (Å²) in [5, 5.41) is 3.04. The second-order valence-electron chi connectivity index (χ2n) is 7.20. The first-order chi connectivity index (χ1) is 13.2. The molecule has 0 saturated carbocycles. The Balaban J connectivity index is 1.50. The maximum absolute atomic E-state index is 12.6. The molecule has 2 aliphatic heterocycles. The molecule has 1 aromatic carbocycles. The first-order valence-corrected chi connectivity index (χ1v) is 9.73. The first-order valence-electron chi connectivity index (χ1n) is 9.73. The van der Waals surface area contributed by atoms with E-state index in [2.05, 4.69) is 10.2 Å². The highest BCUT2D eigenvalue weighted by Crippen LogP contribution is 2.24. The largest absolute Gasteiger partial charge is 0.497 e. The third-order valence-corrected chi connectivity index (χ3v) is 5.35. The lowest BCUT2D eigenvalue weighted by molar-refractivity contribution is 0.0249. The molecule has 0 aromatic heterocycles. The smallest absolute Gasteiger partial charge is 0.317 e. The van der Waals surface area contributed by atoms with Crippen LogP contribution in [0.5, 0.6) is 11.5 Å². The fourth-order valence-corrected chi connectivity index (χ4v) is 3.83. The number of hydrogen-bond acceptors (Lipinski definition) is 5. The Morgan fingerprint density at radius 2 is 2.04 bits per heavy atom. The molecule has 1 atom stereocenters. The summed E-state index contributed by atoms with van der Waals surface area (Å²) < 4.78 is 16.0. The number of carbonyl (C=O) groups excluding carboxylic acids is 1. The molecule has 0 aliphatic carbocycles. The average molecular weight is 377 g/mol. The fourth-order valence-electron chi connectivity index (χ4n) is 3.83. The normalized spacial score (nSPS) is 21.0. The van der Waals surface area contributed by atoms with E-state index in [1.165, 1.54) is 6.42 Å². The number of likely N-dealkylation sites (tertiary alicyclic amines) is 1. The summed E-state index contributed by atoms with van der Waals surface area (Å²) >= 11 is 0. The van der Waals surface area contributed by atoms with Crippen molar-refractivity contribution in [3.05, 3.63) is 23.8 Å². The molecule has 0 unspecified atom stereocenters. The molecule has 7 nitrogen and oxygen atoms in total. The predicted molar refractivity (Wildman–Crippen MR) is 103 cm³/mol. The van der Waals surface area contributed by atoms with Gasteiger partial charge in [-0.1, -0.05) is 0 Å². The van der Waals surface area contributed by atoms with Gasteiger partial charge in [-0.05, 0) is 30.9 Å². The van der Waals surface area contributed by atoms with Gasteiger partial charge in [0.05, 0.1) is 27.4 Å². The number of nitrogens with zero attached hydrogens (tertiary/aromatic N) is 2. The van der Waals surface area contributed by atoms with Crippen molar-refractivity contribution in [2.24, 2.45) is 5.92 Å². The van der Waals surface area contributed by atoms with Gasteiger partial charge in [0.25, 0.3) is 0 Å². The number of urea groups is 1. The second-order valence-corrected chi connectivity index (χ2v) is 7.20. The highest BCUT2D eigenvalue weighted by molar-refractivity contribution is 5.74. The number of morpholine rings is 1. The summed E-state index contributed by atoms with van der Waals surface area (Å²) in [6, 6.07) is 5.64. The zero-order valence-electron chi connectivity index (χ0n) is 16.4. The maximum atomic E-state index is 12.6. The van der Waals surface area contributed by atoms with E-state index < -0.39 is 0 Å². The Bertz CT molecular complexity index is 619. The molecule has 0 spiro atoms. The Morgan fingerprint density at radius 3 is 2.78 bits per heavy atom. The minimum absolute atomic E-state index is 0.000418. The molecule has 7 heteroatoms. The highest BCUT2D eigenvalue weighted by atomic mass is 16.5. The lowest BCUT2D eigenvalue weighted by Gasteiger charge is -2.36. The Morgan fingerprint density at radius 1 is 1.22 bits per heavy atom. The number of ether oxygens (including phenoxy) is 3. The lowest BCUT2D eigenvalue weighted by Crippen LogP contribution is -2.48. The van der Waals surface area contributed by atoms with E-state index in [4.69, 9.17) is 14.2 Å². The molecular formula is C20H31N3O4. The van der Waals surface area contributed by atoms with Gasteiger partial charge in [0.15, 0.2) is 0 Å². The lowest BCUT2D eigenvalue weighted by atomic mass is 9.97. The van der Waals surface area contributed by atoms with Crippen LogP contribution in [0.4, 0.5) is 4.79 Å². The van der Waals surface area contributed by atoms with Crippen LogP contribution in [0.25, 0.3) is 0 Å². The van der Waals surface area contributed by atoms with Crippen LogP contribution in [0.1, 0.15) is 18.4 Å². The topological polar surface area (TPSA) is 63.3 Å². The molecule has 0 bridgehead atoms. The number of rotatable bonds is 6. The number of amides is 2. The fraction of sp³-hybridized carbons (Fsp3) is 0.650. The minimum Gasteiger partial charge on any atom is -0.497 e. The van der Waals surface area contributed by atoms with Crippen LogP contribution in [0, 0.1) is 5.92 Å². The molecule has 2 aliphatic rings. The molecule has 1 aromatic rings. The Hall–Kier alpha value is -1.99. The highest BCUT2D eigenvalue weighted by Gasteiger charge is 2.25. The maximum Gasteiger partial charge on any atom is 0.317 e. The van der Waals surface area contributed by atoms with Gasteiger partial charge in [-0.2, -0.15) is 0 Å². The number of carbonyl (C=O) groups is 1. The van der Waals surface area contributed by atoms with Crippen LogP contribution in [-0.4, -0.2) is 76.0 Å². The van der Waals surface area contributed by atoms with Crippen molar-refractivity contribution in [2.75, 3.05) is 60.2 Å². The number of methoxy groups -OCH3 is 2. The number of piperidine rings is 1. The minimum atomic E-state index is -0.000418. The van der Waals surface area contributed by atoms with E-state index in [-0.39, 0.29) is 6.03 Å². The van der Waals surface area contributed by atoms with Crippen LogP contribution in [0.3, 0.4) is 0 Å². The molecule has 3 rings (SSSR count). The van der Waals surface area contributed by atoms with Crippen molar-refractivity contribution in [1.82, 2.24) is 15.1 Å². The molecule has 2 heterocycles. The van der Waals surface area contributed by atoms with Crippen molar-refractivity contribution in [1.29, 1.82) is 0 Å². The van der Waals surface area contributed by atoms with Crippen molar-refractivity contribution < 1.29 is 19.0 Å². The summed E-state index contributed by atoms with van der Waals surface area (Å²) in [7, 11) is 3.25. The van der Waals surface area contributed by atoms with Gasteiger partial charge in [0.2, 0.25) is 0 Å². The van der Waals surface area contributed by atoms with E-state index in [1.807, 2.05) is 23.1 Å². The molecule has 0 radical (unpaired) electrons. The van der Waals surface area contributed by atoms with E-state index >= 15 is 0 Å². The van der Waals surface area contributed by atoms with E-state index in [0.717, 1.165) is 69.4 Å². The Labute approximate surface area is 161 Å². The second kappa shape index (κ2) is 9.80. The summed E-state index contributed by atoms with van der Waals surface area (Å²) in [6.07, 6.45) is 2.25. The van der Waals surface area contributed by atoms with Crippen LogP contribution in [0.2, 0.25) is 0 Å². The average Bonchev–Trinajstić information content (AvgIpc) is 2.72. The molecule has 2 saturated heterocycles. The van der Waals surface area contributed by atoms with Crippen LogP contribution < -0.4 is 14.8 Å². The molecule has 2 amide bonds. The van der Waals surface area contributed by atoms with Crippen molar-refractivity contribution >= 4 is 6.03 Å². The summed E-state index contributed by atoms with van der Waals surface area (Å²) in [6.45, 7) is 6.78. The predicted octanol–water partition coefficient (Wildman–Crippen LogP) is 1.96. The monoisotopic (exact) mass is 377 g/mol. The summed E-state index contributed by atoms with van der Waals surface area (Å²) in [5.74, 6) is 2.00. The zero-order chi connectivity index (χ0) is 19.1. The van der Waals surface area contributed by atoms with Gasteiger partial charge < -0.3 is 24.4 Å². The molecular weight excluding hydrogens is 346 g/mol. The van der Waals surface area contributed by atoms with E-state index in [1.54, 1.807) is 14.2 Å². The number of hydrogen-bond donors (Lipinski definition) is 1. The van der Waals surface area contributed by atoms with Crippen molar-refractivity contribution in [3.8, 4) is 11.5 Å². The standard InChI is InChI=1S/C20H31N3O4/c1-25-18-6-5-17(19(12-18)26-2)13-21-20(24)23-7-3-4-16(15-23)14-22-8-10-27-11-9-22/h5-6,12,16H,3-4,7-11,13-15H2,1-2H3,(H,21,24)/t16-/m1/s1. The third-order valence-electron chi connectivity index (χ3n) is 5.35. The van der Waals surface area contributed by atoms with Crippen molar-refractivity contribution in [2.45, 2.75) is 19.4 Å². The molecule has 2 fully saturated rings. The number of nitrogens with one attached hydrogen (secondary N) is 1. The van der Waals surface area contributed by atoms with Gasteiger partial charge in [0, 0.05) is 50.9 Å². The van der Waals surface area contributed by atoms with Gasteiger partial charge in [-0.3, -0.25) is 4.90 Å². The number of benzene rings is 1. The van der Waals surface area contributed by atoms with Crippen LogP contribution in [-0.2, 0) is 11.3 Å². The summed E-state index contributed by atoms with van der Waals surface area (Å²) in [4.78, 5) is 17.1. The van der Waals surface area contributed by atoms with Crippen LogP contribution in [0.15, 0.2) is 18.2 Å². The summed E-state index contributed by atoms with van der Waals surface area (Å²) in [5.41, 5.74) is 0.938. The van der Waals surface area contributed by atoms with E-state index in [0.29, 0.717) is 12.5 Å². The van der Waals surface area contributed by atoms with Gasteiger partial charge in [0.1, 0.15) is 11.5 Å². The first kappa shape index (κ1) is 19.8. The zero-order valence-corrected chi connectivity index (χ0v) is 16.4. The van der Waals surface area contributed by atoms with Gasteiger partial charge >= 0.3 is 6.03 Å². The molecule has 27 heavy (non-hydrogen) atoms.